The highest BCUT2D eigenvalue weighted by Crippen LogP contribution is 2.15. The van der Waals surface area contributed by atoms with Gasteiger partial charge in [-0.2, -0.15) is 5.26 Å². The Hall–Kier alpha value is -2.77. The van der Waals surface area contributed by atoms with Crippen LogP contribution in [0, 0.1) is 11.3 Å². The van der Waals surface area contributed by atoms with Crippen molar-refractivity contribution in [1.29, 1.82) is 5.26 Å². The standard InChI is InChI=1S/C21H22ClN3O/c1-16(2)25(14-17-8-4-3-5-9-17)15-19(12-23)21(26)24-13-18-10-6-7-11-20(18)22/h3-11,15-16H,13-14H2,1-2H3,(H,24,26)/b19-15-. The first-order chi connectivity index (χ1) is 12.5. The third kappa shape index (κ3) is 5.65. The largest absolute Gasteiger partial charge is 0.369 e. The van der Waals surface area contributed by atoms with E-state index in [1.165, 1.54) is 0 Å². The average molecular weight is 368 g/mol. The van der Waals surface area contributed by atoms with Crippen LogP contribution in [0.2, 0.25) is 5.02 Å². The molecule has 0 aliphatic carbocycles. The van der Waals surface area contributed by atoms with Crippen LogP contribution in [0.15, 0.2) is 66.4 Å². The molecule has 0 saturated carbocycles. The molecule has 0 spiro atoms. The number of hydrogen-bond donors (Lipinski definition) is 1. The number of nitrogens with zero attached hydrogens (tertiary/aromatic N) is 2. The van der Waals surface area contributed by atoms with Crippen LogP contribution in [0.5, 0.6) is 0 Å². The number of amides is 1. The van der Waals surface area contributed by atoms with Gasteiger partial charge < -0.3 is 10.2 Å². The highest BCUT2D eigenvalue weighted by Gasteiger charge is 2.14. The smallest absolute Gasteiger partial charge is 0.263 e. The summed E-state index contributed by atoms with van der Waals surface area (Å²) in [5, 5.41) is 12.8. The number of carbonyl (C=O) groups excluding carboxylic acids is 1. The summed E-state index contributed by atoms with van der Waals surface area (Å²) in [5.41, 5.74) is 2.00. The van der Waals surface area contributed by atoms with Gasteiger partial charge in [0, 0.05) is 30.4 Å². The third-order valence-corrected chi connectivity index (χ3v) is 4.30. The van der Waals surface area contributed by atoms with E-state index in [0.717, 1.165) is 11.1 Å². The summed E-state index contributed by atoms with van der Waals surface area (Å²) >= 11 is 6.10. The summed E-state index contributed by atoms with van der Waals surface area (Å²) in [4.78, 5) is 14.4. The summed E-state index contributed by atoms with van der Waals surface area (Å²) in [6, 6.07) is 19.4. The zero-order valence-electron chi connectivity index (χ0n) is 14.9. The van der Waals surface area contributed by atoms with Crippen LogP contribution < -0.4 is 5.32 Å². The fourth-order valence-electron chi connectivity index (χ4n) is 2.39. The molecule has 2 aromatic carbocycles. The predicted molar refractivity (Wildman–Crippen MR) is 104 cm³/mol. The quantitative estimate of drug-likeness (QED) is 0.587. The Labute approximate surface area is 159 Å². The van der Waals surface area contributed by atoms with Crippen LogP contribution in [0.1, 0.15) is 25.0 Å². The van der Waals surface area contributed by atoms with Crippen molar-refractivity contribution in [2.75, 3.05) is 0 Å². The maximum Gasteiger partial charge on any atom is 0.263 e. The number of carbonyl (C=O) groups is 1. The van der Waals surface area contributed by atoms with Crippen LogP contribution in [0.3, 0.4) is 0 Å². The van der Waals surface area contributed by atoms with Gasteiger partial charge in [-0.1, -0.05) is 60.1 Å². The van der Waals surface area contributed by atoms with E-state index in [0.29, 0.717) is 11.6 Å². The second-order valence-corrected chi connectivity index (χ2v) is 6.59. The maximum atomic E-state index is 12.4. The minimum Gasteiger partial charge on any atom is -0.369 e. The van der Waals surface area contributed by atoms with E-state index in [2.05, 4.69) is 5.32 Å². The first kappa shape index (κ1) is 19.6. The Morgan fingerprint density at radius 1 is 1.19 bits per heavy atom. The molecule has 4 nitrogen and oxygen atoms in total. The molecule has 0 aliphatic heterocycles. The highest BCUT2D eigenvalue weighted by atomic mass is 35.5. The molecule has 0 saturated heterocycles. The molecule has 2 aromatic rings. The van der Waals surface area contributed by atoms with Crippen molar-refractivity contribution in [3.8, 4) is 6.07 Å². The second-order valence-electron chi connectivity index (χ2n) is 6.18. The van der Waals surface area contributed by atoms with E-state index in [9.17, 15) is 10.1 Å². The summed E-state index contributed by atoms with van der Waals surface area (Å²) in [6.45, 7) is 4.95. The van der Waals surface area contributed by atoms with Gasteiger partial charge in [-0.3, -0.25) is 4.79 Å². The topological polar surface area (TPSA) is 56.1 Å². The van der Waals surface area contributed by atoms with Crippen molar-refractivity contribution in [3.05, 3.63) is 82.5 Å². The van der Waals surface area contributed by atoms with Crippen molar-refractivity contribution in [3.63, 3.8) is 0 Å². The van der Waals surface area contributed by atoms with Crippen LogP contribution >= 0.6 is 11.6 Å². The van der Waals surface area contributed by atoms with Gasteiger partial charge in [-0.25, -0.2) is 0 Å². The number of nitrogens with one attached hydrogen (secondary N) is 1. The Morgan fingerprint density at radius 2 is 1.85 bits per heavy atom. The van der Waals surface area contributed by atoms with Crippen molar-refractivity contribution >= 4 is 17.5 Å². The lowest BCUT2D eigenvalue weighted by atomic mass is 10.1. The molecule has 0 radical (unpaired) electrons. The minimum atomic E-state index is -0.411. The Bertz CT molecular complexity index is 810. The molecule has 0 atom stereocenters. The third-order valence-electron chi connectivity index (χ3n) is 3.93. The summed E-state index contributed by atoms with van der Waals surface area (Å²) in [7, 11) is 0. The van der Waals surface area contributed by atoms with E-state index in [1.807, 2.05) is 73.3 Å². The predicted octanol–water partition coefficient (Wildman–Crippen LogP) is 4.27. The van der Waals surface area contributed by atoms with Crippen LogP contribution in [0.4, 0.5) is 0 Å². The van der Waals surface area contributed by atoms with Gasteiger partial charge in [0.25, 0.3) is 5.91 Å². The molecule has 134 valence electrons. The van der Waals surface area contributed by atoms with Crippen molar-refractivity contribution in [2.45, 2.75) is 33.0 Å². The normalized spacial score (nSPS) is 11.1. The Kier molecular flexibility index (Phi) is 7.25. The van der Waals surface area contributed by atoms with Crippen molar-refractivity contribution in [1.82, 2.24) is 10.2 Å². The van der Waals surface area contributed by atoms with Gasteiger partial charge in [-0.05, 0) is 31.0 Å². The lowest BCUT2D eigenvalue weighted by Crippen LogP contribution is -2.29. The number of rotatable bonds is 7. The van der Waals surface area contributed by atoms with Crippen LogP contribution in [-0.2, 0) is 17.9 Å². The highest BCUT2D eigenvalue weighted by molar-refractivity contribution is 6.31. The molecule has 0 fully saturated rings. The number of benzene rings is 2. The van der Waals surface area contributed by atoms with Gasteiger partial charge in [0.15, 0.2) is 0 Å². The van der Waals surface area contributed by atoms with E-state index in [4.69, 9.17) is 11.6 Å². The zero-order valence-corrected chi connectivity index (χ0v) is 15.7. The van der Waals surface area contributed by atoms with Crippen molar-refractivity contribution < 1.29 is 4.79 Å². The molecular formula is C21H22ClN3O. The molecule has 5 heteroatoms. The molecular weight excluding hydrogens is 346 g/mol. The first-order valence-corrected chi connectivity index (χ1v) is 8.82. The molecule has 2 rings (SSSR count). The molecule has 0 aromatic heterocycles. The second kappa shape index (κ2) is 9.65. The van der Waals surface area contributed by atoms with Crippen LogP contribution in [0.25, 0.3) is 0 Å². The monoisotopic (exact) mass is 367 g/mol. The Balaban J connectivity index is 2.09. The lowest BCUT2D eigenvalue weighted by Gasteiger charge is -2.25. The minimum absolute atomic E-state index is 0.0710. The summed E-state index contributed by atoms with van der Waals surface area (Å²) in [5.74, 6) is -0.411. The van der Waals surface area contributed by atoms with E-state index >= 15 is 0 Å². The molecule has 1 N–H and O–H groups in total. The Morgan fingerprint density at radius 3 is 2.46 bits per heavy atom. The van der Waals surface area contributed by atoms with E-state index < -0.39 is 5.91 Å². The maximum absolute atomic E-state index is 12.4. The molecule has 26 heavy (non-hydrogen) atoms. The fourth-order valence-corrected chi connectivity index (χ4v) is 2.59. The number of halogens is 1. The average Bonchev–Trinajstić information content (AvgIpc) is 2.64. The fraction of sp³-hybridized carbons (Fsp3) is 0.238. The first-order valence-electron chi connectivity index (χ1n) is 8.44. The molecule has 0 aliphatic rings. The lowest BCUT2D eigenvalue weighted by molar-refractivity contribution is -0.117. The van der Waals surface area contributed by atoms with Gasteiger partial charge in [0.1, 0.15) is 11.6 Å². The SMILES string of the molecule is CC(C)N(/C=C(/C#N)C(=O)NCc1ccccc1Cl)Cc1ccccc1. The van der Waals surface area contributed by atoms with E-state index in [1.54, 1.807) is 12.3 Å². The van der Waals surface area contributed by atoms with Crippen LogP contribution in [-0.4, -0.2) is 16.8 Å². The van der Waals surface area contributed by atoms with Gasteiger partial charge in [0.2, 0.25) is 0 Å². The van der Waals surface area contributed by atoms with Crippen molar-refractivity contribution in [2.24, 2.45) is 0 Å². The zero-order chi connectivity index (χ0) is 18.9. The molecule has 1 amide bonds. The van der Waals surface area contributed by atoms with Gasteiger partial charge in [0.05, 0.1) is 0 Å². The van der Waals surface area contributed by atoms with E-state index in [-0.39, 0.29) is 18.2 Å². The molecule has 0 bridgehead atoms. The number of nitriles is 1. The van der Waals surface area contributed by atoms with Gasteiger partial charge in [-0.15, -0.1) is 0 Å². The molecule has 0 unspecified atom stereocenters. The summed E-state index contributed by atoms with van der Waals surface area (Å²) in [6.07, 6.45) is 1.62. The molecule has 0 heterocycles. The van der Waals surface area contributed by atoms with Gasteiger partial charge >= 0.3 is 0 Å². The summed E-state index contributed by atoms with van der Waals surface area (Å²) < 4.78 is 0. The number of hydrogen-bond acceptors (Lipinski definition) is 3.